The van der Waals surface area contributed by atoms with Crippen LogP contribution in [0.5, 0.6) is 0 Å². The smallest absolute Gasteiger partial charge is 0.186 e. The summed E-state index contributed by atoms with van der Waals surface area (Å²) in [5.41, 5.74) is 8.26. The van der Waals surface area contributed by atoms with E-state index in [4.69, 9.17) is 15.7 Å². The zero-order valence-electron chi connectivity index (χ0n) is 17.2. The molecule has 0 amide bonds. The molecule has 156 valence electrons. The lowest BCUT2D eigenvalue weighted by molar-refractivity contribution is 0.0610. The van der Waals surface area contributed by atoms with Crippen molar-refractivity contribution in [1.29, 1.82) is 0 Å². The van der Waals surface area contributed by atoms with Gasteiger partial charge in [-0.3, -0.25) is 0 Å². The van der Waals surface area contributed by atoms with E-state index in [1.165, 1.54) is 17.7 Å². The number of nitrogen functional groups attached to an aromatic ring is 1. The minimum Gasteiger partial charge on any atom is -0.382 e. The van der Waals surface area contributed by atoms with E-state index in [1.807, 2.05) is 41.9 Å². The summed E-state index contributed by atoms with van der Waals surface area (Å²) in [6.07, 6.45) is 6.01. The zero-order chi connectivity index (χ0) is 21.4. The van der Waals surface area contributed by atoms with Gasteiger partial charge < -0.3 is 15.4 Å². The molecule has 3 heterocycles. The summed E-state index contributed by atoms with van der Waals surface area (Å²) in [5.74, 6) is 7.19. The number of nitrogens with zero attached hydrogens (tertiary/aromatic N) is 5. The molecule has 0 aliphatic heterocycles. The van der Waals surface area contributed by atoms with Crippen LogP contribution in [0, 0.1) is 11.8 Å². The molecule has 5 rings (SSSR count). The first-order valence-corrected chi connectivity index (χ1v) is 11.1. The number of hydrogen-bond acceptors (Lipinski definition) is 7. The van der Waals surface area contributed by atoms with E-state index in [0.29, 0.717) is 30.0 Å². The number of rotatable bonds is 2. The van der Waals surface area contributed by atoms with Crippen LogP contribution < -0.4 is 5.73 Å². The molecular weight excluding hydrogens is 408 g/mol. The van der Waals surface area contributed by atoms with Crippen molar-refractivity contribution in [2.24, 2.45) is 7.05 Å². The molecule has 0 bridgehead atoms. The molecule has 1 aromatic carbocycles. The molecule has 0 atom stereocenters. The van der Waals surface area contributed by atoms with Crippen molar-refractivity contribution in [3.05, 3.63) is 42.5 Å². The maximum Gasteiger partial charge on any atom is 0.186 e. The van der Waals surface area contributed by atoms with Crippen LogP contribution in [0.25, 0.3) is 32.3 Å². The zero-order valence-corrected chi connectivity index (χ0v) is 18.0. The number of imidazole rings is 1. The molecular formula is C23H22N6OS. The largest absolute Gasteiger partial charge is 0.382 e. The summed E-state index contributed by atoms with van der Waals surface area (Å²) < 4.78 is 1.93. The van der Waals surface area contributed by atoms with E-state index in [-0.39, 0.29) is 0 Å². The van der Waals surface area contributed by atoms with Crippen LogP contribution in [0.1, 0.15) is 37.9 Å². The topological polar surface area (TPSA) is 103 Å². The van der Waals surface area contributed by atoms with E-state index in [1.54, 1.807) is 0 Å². The van der Waals surface area contributed by atoms with Crippen LogP contribution in [-0.2, 0) is 7.05 Å². The molecule has 1 fully saturated rings. The molecule has 7 nitrogen and oxygen atoms in total. The van der Waals surface area contributed by atoms with Gasteiger partial charge in [-0.05, 0) is 31.6 Å². The third-order valence-electron chi connectivity index (χ3n) is 5.66. The lowest BCUT2D eigenvalue weighted by Gasteiger charge is -2.26. The fourth-order valence-electron chi connectivity index (χ4n) is 3.96. The summed E-state index contributed by atoms with van der Waals surface area (Å²) in [6.45, 7) is 0. The summed E-state index contributed by atoms with van der Waals surface area (Å²) in [7, 11) is 1.92. The molecule has 0 radical (unpaired) electrons. The van der Waals surface area contributed by atoms with Gasteiger partial charge in [-0.25, -0.2) is 19.9 Å². The Morgan fingerprint density at radius 3 is 2.61 bits per heavy atom. The van der Waals surface area contributed by atoms with Gasteiger partial charge in [-0.2, -0.15) is 0 Å². The Morgan fingerprint density at radius 1 is 1.10 bits per heavy atom. The highest BCUT2D eigenvalue weighted by Crippen LogP contribution is 2.37. The van der Waals surface area contributed by atoms with E-state index < -0.39 is 5.60 Å². The molecule has 31 heavy (non-hydrogen) atoms. The average molecular weight is 431 g/mol. The molecule has 4 aromatic rings. The quantitative estimate of drug-likeness (QED) is 0.469. The van der Waals surface area contributed by atoms with Crippen molar-refractivity contribution in [1.82, 2.24) is 24.5 Å². The third-order valence-corrected chi connectivity index (χ3v) is 6.63. The van der Waals surface area contributed by atoms with Crippen molar-refractivity contribution in [3.8, 4) is 33.8 Å². The second-order valence-corrected chi connectivity index (χ2v) is 8.81. The molecule has 0 spiro atoms. The lowest BCUT2D eigenvalue weighted by atomic mass is 9.85. The summed E-state index contributed by atoms with van der Waals surface area (Å²) in [6, 6.07) is 9.95. The molecule has 1 aliphatic rings. The number of aliphatic hydroxyl groups is 1. The number of nitrogens with two attached hydrogens (primary N) is 1. The SMILES string of the molecule is Cn1c(C#CC2(O)CCCCC2)nc(-c2ccccc2)c1-c1nc2c(N)ncnc2s1. The monoisotopic (exact) mass is 430 g/mol. The Labute approximate surface area is 184 Å². The predicted molar refractivity (Wildman–Crippen MR) is 122 cm³/mol. The lowest BCUT2D eigenvalue weighted by Crippen LogP contribution is -2.29. The Bertz CT molecular complexity index is 1310. The van der Waals surface area contributed by atoms with Gasteiger partial charge in [0, 0.05) is 12.6 Å². The highest BCUT2D eigenvalue weighted by atomic mass is 32.1. The van der Waals surface area contributed by atoms with Gasteiger partial charge in [-0.15, -0.1) is 0 Å². The van der Waals surface area contributed by atoms with Crippen molar-refractivity contribution in [2.75, 3.05) is 5.73 Å². The van der Waals surface area contributed by atoms with Crippen molar-refractivity contribution in [3.63, 3.8) is 0 Å². The first-order valence-electron chi connectivity index (χ1n) is 10.3. The van der Waals surface area contributed by atoms with Gasteiger partial charge in [-0.1, -0.05) is 54.0 Å². The average Bonchev–Trinajstić information content (AvgIpc) is 3.35. The fraction of sp³-hybridized carbons (Fsp3) is 0.304. The van der Waals surface area contributed by atoms with E-state index in [2.05, 4.69) is 21.8 Å². The van der Waals surface area contributed by atoms with E-state index in [9.17, 15) is 5.11 Å². The highest BCUT2D eigenvalue weighted by Gasteiger charge is 2.27. The fourth-order valence-corrected chi connectivity index (χ4v) is 4.96. The first kappa shape index (κ1) is 19.7. The maximum atomic E-state index is 10.8. The number of fused-ring (bicyclic) bond motifs is 1. The van der Waals surface area contributed by atoms with Gasteiger partial charge >= 0.3 is 0 Å². The summed E-state index contributed by atoms with van der Waals surface area (Å²) >= 11 is 1.45. The van der Waals surface area contributed by atoms with Crippen LogP contribution in [0.3, 0.4) is 0 Å². The van der Waals surface area contributed by atoms with E-state index in [0.717, 1.165) is 46.1 Å². The van der Waals surface area contributed by atoms with Gasteiger partial charge in [0.25, 0.3) is 0 Å². The van der Waals surface area contributed by atoms with Gasteiger partial charge in [0.15, 0.2) is 11.6 Å². The Hall–Kier alpha value is -3.28. The van der Waals surface area contributed by atoms with Crippen LogP contribution in [0.2, 0.25) is 0 Å². The van der Waals surface area contributed by atoms with Gasteiger partial charge in [0.2, 0.25) is 0 Å². The van der Waals surface area contributed by atoms with Crippen LogP contribution in [0.15, 0.2) is 36.7 Å². The minimum absolute atomic E-state index is 0.357. The second kappa shape index (κ2) is 7.76. The number of thiazole rings is 1. The molecule has 0 saturated heterocycles. The van der Waals surface area contributed by atoms with Crippen LogP contribution in [-0.4, -0.2) is 35.2 Å². The third kappa shape index (κ3) is 3.67. The molecule has 3 aromatic heterocycles. The van der Waals surface area contributed by atoms with Crippen LogP contribution >= 0.6 is 11.3 Å². The van der Waals surface area contributed by atoms with Crippen molar-refractivity contribution >= 4 is 27.5 Å². The normalized spacial score (nSPS) is 15.5. The molecule has 3 N–H and O–H groups in total. The van der Waals surface area contributed by atoms with E-state index >= 15 is 0 Å². The number of aromatic nitrogens is 5. The second-order valence-electron chi connectivity index (χ2n) is 7.83. The Morgan fingerprint density at radius 2 is 1.87 bits per heavy atom. The predicted octanol–water partition coefficient (Wildman–Crippen LogP) is 3.78. The van der Waals surface area contributed by atoms with Gasteiger partial charge in [0.1, 0.15) is 38.7 Å². The first-order chi connectivity index (χ1) is 15.0. The molecule has 1 aliphatic carbocycles. The minimum atomic E-state index is -0.933. The molecule has 1 saturated carbocycles. The maximum absolute atomic E-state index is 10.8. The molecule has 8 heteroatoms. The number of benzene rings is 1. The number of hydrogen-bond donors (Lipinski definition) is 2. The van der Waals surface area contributed by atoms with Crippen molar-refractivity contribution in [2.45, 2.75) is 37.7 Å². The van der Waals surface area contributed by atoms with Gasteiger partial charge in [0.05, 0.1) is 0 Å². The number of anilines is 1. The standard InChI is InChI=1S/C23H22N6OS/c1-29-16(10-13-23(30)11-6-3-7-12-23)27-17(15-8-4-2-5-9-15)19(29)22-28-18-20(24)25-14-26-21(18)31-22/h2,4-5,8-9,14,30H,3,6-7,11-12H2,1H3,(H2,24,25,26). The summed E-state index contributed by atoms with van der Waals surface area (Å²) in [4.78, 5) is 18.6. The summed E-state index contributed by atoms with van der Waals surface area (Å²) in [5, 5.41) is 11.6. The highest BCUT2D eigenvalue weighted by molar-refractivity contribution is 7.21. The van der Waals surface area contributed by atoms with Crippen molar-refractivity contribution < 1.29 is 5.11 Å². The molecule has 0 unspecified atom stereocenters. The van der Waals surface area contributed by atoms with Crippen LogP contribution in [0.4, 0.5) is 5.82 Å². The Kier molecular flexibility index (Phi) is 4.93. The Balaban J connectivity index is 1.67.